The lowest BCUT2D eigenvalue weighted by Gasteiger charge is -2.28. The van der Waals surface area contributed by atoms with E-state index in [1.807, 2.05) is 41.5 Å². The first kappa shape index (κ1) is 45.5. The van der Waals surface area contributed by atoms with Gasteiger partial charge >= 0.3 is 23.6 Å². The number of aliphatic hydroxyl groups is 4. The van der Waals surface area contributed by atoms with Crippen molar-refractivity contribution in [2.24, 2.45) is 0 Å². The number of aliphatic hydroxyl groups excluding tert-OH is 3. The second-order valence-electron chi connectivity index (χ2n) is 11.6. The molecule has 0 radical (unpaired) electrons. The van der Waals surface area contributed by atoms with E-state index in [1.165, 1.54) is 36.4 Å². The summed E-state index contributed by atoms with van der Waals surface area (Å²) in [5, 5.41) is 58.0. The summed E-state index contributed by atoms with van der Waals surface area (Å²) in [4.78, 5) is 25.3. The van der Waals surface area contributed by atoms with Crippen LogP contribution in [0.1, 0.15) is 116 Å². The molecule has 0 aromatic heterocycles. The van der Waals surface area contributed by atoms with Gasteiger partial charge in [0.15, 0.2) is 6.29 Å². The number of aromatic carboxylic acids is 1. The molecule has 0 aliphatic rings. The third-order valence-electron chi connectivity index (χ3n) is 7.96. The first-order valence-electron chi connectivity index (χ1n) is 17.9. The molecule has 0 heterocycles. The highest BCUT2D eigenvalue weighted by atomic mass is 28.4. The maximum absolute atomic E-state index is 13.1. The van der Waals surface area contributed by atoms with Gasteiger partial charge in [0, 0.05) is 75.0 Å². The summed E-state index contributed by atoms with van der Waals surface area (Å²) < 4.78 is 35.1. The van der Waals surface area contributed by atoms with Crippen molar-refractivity contribution in [3.05, 3.63) is 69.8 Å². The lowest BCUT2D eigenvalue weighted by atomic mass is 9.93. The minimum Gasteiger partial charge on any atom is -0.478 e. The van der Waals surface area contributed by atoms with E-state index in [-0.39, 0.29) is 39.9 Å². The lowest BCUT2D eigenvalue weighted by molar-refractivity contribution is -0.0431. The molecule has 2 aromatic rings. The van der Waals surface area contributed by atoms with Gasteiger partial charge in [-0.3, -0.25) is 10.1 Å². The molecule has 52 heavy (non-hydrogen) atoms. The molecule has 7 N–H and O–H groups in total. The van der Waals surface area contributed by atoms with Crippen molar-refractivity contribution in [2.75, 3.05) is 52.7 Å². The van der Waals surface area contributed by atoms with Gasteiger partial charge in [-0.1, -0.05) is 18.2 Å². The molecule has 0 aliphatic heterocycles. The zero-order valence-electron chi connectivity index (χ0n) is 31.2. The number of carboxylic acid groups (broad SMARTS) is 1. The van der Waals surface area contributed by atoms with Gasteiger partial charge in [0.2, 0.25) is 0 Å². The highest BCUT2D eigenvalue weighted by molar-refractivity contribution is 6.61. The van der Waals surface area contributed by atoms with Crippen LogP contribution in [0, 0.1) is 0 Å². The van der Waals surface area contributed by atoms with E-state index in [2.05, 4.69) is 10.6 Å². The van der Waals surface area contributed by atoms with Crippen LogP contribution in [0.5, 0.6) is 0 Å². The Morgan fingerprint density at radius 1 is 0.635 bits per heavy atom. The van der Waals surface area contributed by atoms with E-state index < -0.39 is 48.1 Å². The van der Waals surface area contributed by atoms with Gasteiger partial charge in [0.1, 0.15) is 12.3 Å². The molecule has 0 bridgehead atoms. The minimum atomic E-state index is -2.90. The SMILES string of the molecule is CCO[Si](CCCNC(=O)c1ccc([C@H](O)c2ccc([C@H](O)NCCC[Si](OCC)(OCC)OCC)c(C(=O)O)c2)cc1C(O)O)(OCC)OCC. The Hall–Kier alpha value is -2.63. The Balaban J connectivity index is 2.17. The van der Waals surface area contributed by atoms with E-state index in [9.17, 15) is 35.1 Å². The maximum Gasteiger partial charge on any atom is 0.500 e. The van der Waals surface area contributed by atoms with E-state index >= 15 is 0 Å². The number of hydrogen-bond donors (Lipinski definition) is 7. The number of carbonyl (C=O) groups is 2. The molecule has 2 atom stereocenters. The second kappa shape index (κ2) is 23.2. The van der Waals surface area contributed by atoms with Crippen LogP contribution in [-0.2, 0) is 26.6 Å². The van der Waals surface area contributed by atoms with E-state index in [0.717, 1.165) is 0 Å². The van der Waals surface area contributed by atoms with Crippen molar-refractivity contribution >= 4 is 29.5 Å². The third-order valence-corrected chi connectivity index (χ3v) is 14.3. The molecule has 0 aliphatic carbocycles. The number of nitrogens with one attached hydrogen (secondary N) is 2. The Bertz CT molecular complexity index is 1350. The van der Waals surface area contributed by atoms with Gasteiger partial charge in [0.05, 0.1) is 5.56 Å². The molecular weight excluding hydrogens is 713 g/mol. The monoisotopic (exact) mass is 770 g/mol. The Morgan fingerprint density at radius 3 is 1.56 bits per heavy atom. The first-order valence-corrected chi connectivity index (χ1v) is 21.8. The Labute approximate surface area is 308 Å². The molecule has 294 valence electrons. The van der Waals surface area contributed by atoms with Gasteiger partial charge in [-0.25, -0.2) is 4.79 Å². The molecule has 1 amide bonds. The standard InChI is InChI=1S/C35H58N2O13Si2/c1-7-45-51(46-8-2,47-9-3)21-13-19-36-32(39)27-17-15-25(23-29(27)34(41)42)31(38)26-16-18-28(30(24-26)35(43)44)33(40)37-20-14-22-52(48-10-4,49-11-5)50-12-6/h15-18,23-24,31-32,35-36,38-39,43-44H,7-14,19-22H2,1-6H3,(H,37,40)(H,41,42)/t31-,32+/m1/s1. The second-order valence-corrected chi connectivity index (χ2v) is 17.0. The summed E-state index contributed by atoms with van der Waals surface area (Å²) in [5.41, 5.74) is 0.0726. The van der Waals surface area contributed by atoms with Gasteiger partial charge in [0.25, 0.3) is 5.91 Å². The average molecular weight is 771 g/mol. The summed E-state index contributed by atoms with van der Waals surface area (Å²) in [6, 6.07) is 9.20. The molecule has 0 fully saturated rings. The zero-order chi connectivity index (χ0) is 38.7. The molecule has 2 aromatic carbocycles. The van der Waals surface area contributed by atoms with Crippen molar-refractivity contribution in [2.45, 2.75) is 85.1 Å². The normalized spacial score (nSPS) is 13.4. The van der Waals surface area contributed by atoms with Crippen LogP contribution in [0.2, 0.25) is 12.1 Å². The van der Waals surface area contributed by atoms with Gasteiger partial charge < -0.3 is 57.4 Å². The van der Waals surface area contributed by atoms with Crippen molar-refractivity contribution in [1.29, 1.82) is 0 Å². The molecule has 0 saturated heterocycles. The van der Waals surface area contributed by atoms with Crippen LogP contribution < -0.4 is 10.6 Å². The predicted octanol–water partition coefficient (Wildman–Crippen LogP) is 3.64. The summed E-state index contributed by atoms with van der Waals surface area (Å²) in [6.07, 6.45) is -3.73. The van der Waals surface area contributed by atoms with Crippen LogP contribution in [0.15, 0.2) is 36.4 Å². The summed E-state index contributed by atoms with van der Waals surface area (Å²) >= 11 is 0. The summed E-state index contributed by atoms with van der Waals surface area (Å²) in [6.45, 7) is 14.3. The van der Waals surface area contributed by atoms with Gasteiger partial charge in [-0.05, 0) is 90.3 Å². The number of rotatable bonds is 27. The predicted molar refractivity (Wildman–Crippen MR) is 196 cm³/mol. The maximum atomic E-state index is 13.1. The van der Waals surface area contributed by atoms with Crippen molar-refractivity contribution in [3.63, 3.8) is 0 Å². The molecule has 0 spiro atoms. The van der Waals surface area contributed by atoms with Gasteiger partial charge in [-0.2, -0.15) is 0 Å². The highest BCUT2D eigenvalue weighted by Crippen LogP contribution is 2.29. The topological polar surface area (TPSA) is 215 Å². The van der Waals surface area contributed by atoms with Crippen LogP contribution in [0.4, 0.5) is 0 Å². The van der Waals surface area contributed by atoms with Crippen molar-refractivity contribution in [3.8, 4) is 0 Å². The molecule has 0 saturated carbocycles. The highest BCUT2D eigenvalue weighted by Gasteiger charge is 2.40. The quantitative estimate of drug-likeness (QED) is 0.0393. The van der Waals surface area contributed by atoms with Crippen molar-refractivity contribution in [1.82, 2.24) is 10.6 Å². The Kier molecular flexibility index (Phi) is 20.3. The fourth-order valence-electron chi connectivity index (χ4n) is 5.79. The first-order chi connectivity index (χ1) is 24.9. The number of carboxylic acids is 1. The van der Waals surface area contributed by atoms with Crippen LogP contribution in [0.3, 0.4) is 0 Å². The molecule has 2 rings (SSSR count). The molecule has 17 heteroatoms. The zero-order valence-corrected chi connectivity index (χ0v) is 33.2. The van der Waals surface area contributed by atoms with E-state index in [4.69, 9.17) is 26.6 Å². The smallest absolute Gasteiger partial charge is 0.478 e. The fourth-order valence-corrected chi connectivity index (χ4v) is 11.0. The summed E-state index contributed by atoms with van der Waals surface area (Å²) in [7, 11) is -5.78. The lowest BCUT2D eigenvalue weighted by Crippen LogP contribution is -2.46. The van der Waals surface area contributed by atoms with Gasteiger partial charge in [-0.15, -0.1) is 0 Å². The average Bonchev–Trinajstić information content (AvgIpc) is 3.11. The van der Waals surface area contributed by atoms with E-state index in [0.29, 0.717) is 71.1 Å². The van der Waals surface area contributed by atoms with Crippen LogP contribution >= 0.6 is 0 Å². The molecular formula is C35H58N2O13Si2. The largest absolute Gasteiger partial charge is 0.500 e. The Morgan fingerprint density at radius 2 is 1.10 bits per heavy atom. The van der Waals surface area contributed by atoms with E-state index in [1.54, 1.807) is 0 Å². The van der Waals surface area contributed by atoms with Crippen LogP contribution in [-0.4, -0.2) is 108 Å². The third kappa shape index (κ3) is 13.3. The number of amides is 1. The summed E-state index contributed by atoms with van der Waals surface area (Å²) in [5.74, 6) is -1.87. The minimum absolute atomic E-state index is 0.00618. The number of carbonyl (C=O) groups excluding carboxylic acids is 1. The fraction of sp³-hybridized carbons (Fsp3) is 0.600. The van der Waals surface area contributed by atoms with Crippen LogP contribution in [0.25, 0.3) is 0 Å². The van der Waals surface area contributed by atoms with Crippen molar-refractivity contribution < 1.29 is 61.7 Å². The number of hydrogen-bond acceptors (Lipinski definition) is 13. The molecule has 0 unspecified atom stereocenters. The number of benzene rings is 2. The molecule has 15 nitrogen and oxygen atoms in total.